The molecular formula is C22H24ClNO. The van der Waals surface area contributed by atoms with Gasteiger partial charge >= 0.3 is 0 Å². The average Bonchev–Trinajstić information content (AvgIpc) is 2.82. The van der Waals surface area contributed by atoms with Crippen LogP contribution in [0.1, 0.15) is 36.8 Å². The lowest BCUT2D eigenvalue weighted by molar-refractivity contribution is 0.241. The van der Waals surface area contributed by atoms with Crippen LogP contribution in [0.4, 0.5) is 0 Å². The summed E-state index contributed by atoms with van der Waals surface area (Å²) in [4.78, 5) is 2.60. The van der Waals surface area contributed by atoms with Crippen molar-refractivity contribution in [3.05, 3.63) is 70.3 Å². The normalized spacial score (nSPS) is 18.4. The molecule has 2 heterocycles. The van der Waals surface area contributed by atoms with Gasteiger partial charge in [0.05, 0.1) is 6.61 Å². The monoisotopic (exact) mass is 353 g/mol. The molecule has 2 aromatic rings. The standard InChI is InChI=1S/C22H24ClNO/c23-19-9-10-20-21(15-19)25-14-11-18(16-24-12-5-2-6-13-24)22(20)17-7-3-1-4-8-17/h1,3-4,7-10,15H,2,5-6,11-14,16H2. The molecule has 2 aliphatic heterocycles. The predicted octanol–water partition coefficient (Wildman–Crippen LogP) is 5.41. The van der Waals surface area contributed by atoms with Crippen LogP contribution in [0.5, 0.6) is 5.75 Å². The number of benzene rings is 2. The number of hydrogen-bond donors (Lipinski definition) is 0. The molecule has 1 fully saturated rings. The molecule has 0 amide bonds. The summed E-state index contributed by atoms with van der Waals surface area (Å²) in [6.45, 7) is 4.17. The van der Waals surface area contributed by atoms with Gasteiger partial charge < -0.3 is 4.74 Å². The molecular weight excluding hydrogens is 330 g/mol. The van der Waals surface area contributed by atoms with Crippen molar-refractivity contribution in [2.45, 2.75) is 25.7 Å². The summed E-state index contributed by atoms with van der Waals surface area (Å²) in [5.41, 5.74) is 5.24. The Hall–Kier alpha value is -1.77. The van der Waals surface area contributed by atoms with Gasteiger partial charge in [-0.25, -0.2) is 0 Å². The summed E-state index contributed by atoms with van der Waals surface area (Å²) in [6, 6.07) is 16.7. The molecule has 130 valence electrons. The summed E-state index contributed by atoms with van der Waals surface area (Å²) in [7, 11) is 0. The van der Waals surface area contributed by atoms with Gasteiger partial charge in [-0.3, -0.25) is 4.90 Å². The van der Waals surface area contributed by atoms with Crippen LogP contribution >= 0.6 is 11.6 Å². The lowest BCUT2D eigenvalue weighted by atomic mass is 9.91. The molecule has 1 saturated heterocycles. The van der Waals surface area contributed by atoms with Crippen LogP contribution in [-0.2, 0) is 0 Å². The SMILES string of the molecule is Clc1ccc2c(c1)OCCC(CN1CCCCC1)=C2c1ccccc1. The molecule has 0 N–H and O–H groups in total. The Morgan fingerprint density at radius 3 is 2.56 bits per heavy atom. The molecule has 2 aromatic carbocycles. The Balaban J connectivity index is 1.80. The smallest absolute Gasteiger partial charge is 0.128 e. The minimum Gasteiger partial charge on any atom is -0.493 e. The summed E-state index contributed by atoms with van der Waals surface area (Å²) in [5.74, 6) is 0.903. The Bertz CT molecular complexity index is 763. The molecule has 4 rings (SSSR count). The average molecular weight is 354 g/mol. The second-order valence-corrected chi connectivity index (χ2v) is 7.36. The van der Waals surface area contributed by atoms with E-state index in [4.69, 9.17) is 16.3 Å². The minimum atomic E-state index is 0.715. The number of piperidine rings is 1. The highest BCUT2D eigenvalue weighted by Gasteiger charge is 2.22. The van der Waals surface area contributed by atoms with Crippen LogP contribution in [0.25, 0.3) is 5.57 Å². The first-order chi connectivity index (χ1) is 12.3. The van der Waals surface area contributed by atoms with Crippen LogP contribution in [0.15, 0.2) is 54.1 Å². The number of fused-ring (bicyclic) bond motifs is 1. The first-order valence-corrected chi connectivity index (χ1v) is 9.61. The van der Waals surface area contributed by atoms with Crippen molar-refractivity contribution in [3.8, 4) is 5.75 Å². The highest BCUT2D eigenvalue weighted by atomic mass is 35.5. The van der Waals surface area contributed by atoms with Crippen molar-refractivity contribution >= 4 is 17.2 Å². The van der Waals surface area contributed by atoms with E-state index in [2.05, 4.69) is 41.3 Å². The largest absolute Gasteiger partial charge is 0.493 e. The van der Waals surface area contributed by atoms with Crippen molar-refractivity contribution in [1.29, 1.82) is 0 Å². The zero-order valence-corrected chi connectivity index (χ0v) is 15.3. The van der Waals surface area contributed by atoms with E-state index in [1.54, 1.807) is 0 Å². The van der Waals surface area contributed by atoms with Crippen molar-refractivity contribution in [3.63, 3.8) is 0 Å². The fourth-order valence-corrected chi connectivity index (χ4v) is 4.09. The van der Waals surface area contributed by atoms with Gasteiger partial charge in [-0.1, -0.05) is 48.4 Å². The second kappa shape index (κ2) is 7.63. The van der Waals surface area contributed by atoms with Gasteiger partial charge in [0.2, 0.25) is 0 Å². The molecule has 0 aromatic heterocycles. The molecule has 0 unspecified atom stereocenters. The third kappa shape index (κ3) is 3.75. The minimum absolute atomic E-state index is 0.715. The predicted molar refractivity (Wildman–Crippen MR) is 104 cm³/mol. The van der Waals surface area contributed by atoms with Crippen LogP contribution in [0, 0.1) is 0 Å². The Morgan fingerprint density at radius 2 is 1.76 bits per heavy atom. The molecule has 0 spiro atoms. The van der Waals surface area contributed by atoms with Gasteiger partial charge in [-0.05, 0) is 60.8 Å². The zero-order valence-electron chi connectivity index (χ0n) is 14.5. The van der Waals surface area contributed by atoms with Gasteiger partial charge in [-0.15, -0.1) is 0 Å². The van der Waals surface area contributed by atoms with Crippen molar-refractivity contribution in [2.24, 2.45) is 0 Å². The maximum Gasteiger partial charge on any atom is 0.128 e. The van der Waals surface area contributed by atoms with Gasteiger partial charge in [0.1, 0.15) is 5.75 Å². The summed E-state index contributed by atoms with van der Waals surface area (Å²) in [6.07, 6.45) is 4.96. The van der Waals surface area contributed by atoms with E-state index in [1.165, 1.54) is 54.6 Å². The fraction of sp³-hybridized carbons (Fsp3) is 0.364. The van der Waals surface area contributed by atoms with E-state index in [9.17, 15) is 0 Å². The number of halogens is 1. The van der Waals surface area contributed by atoms with E-state index in [0.29, 0.717) is 6.61 Å². The highest BCUT2D eigenvalue weighted by molar-refractivity contribution is 6.30. The molecule has 0 radical (unpaired) electrons. The van der Waals surface area contributed by atoms with Gasteiger partial charge in [0, 0.05) is 23.6 Å². The van der Waals surface area contributed by atoms with Crippen LogP contribution in [0.2, 0.25) is 5.02 Å². The van der Waals surface area contributed by atoms with Crippen LogP contribution < -0.4 is 4.74 Å². The molecule has 2 nitrogen and oxygen atoms in total. The van der Waals surface area contributed by atoms with E-state index in [-0.39, 0.29) is 0 Å². The Morgan fingerprint density at radius 1 is 0.960 bits per heavy atom. The summed E-state index contributed by atoms with van der Waals surface area (Å²) < 4.78 is 6.06. The number of ether oxygens (including phenoxy) is 1. The molecule has 0 bridgehead atoms. The second-order valence-electron chi connectivity index (χ2n) is 6.92. The van der Waals surface area contributed by atoms with Gasteiger partial charge in [0.25, 0.3) is 0 Å². The fourth-order valence-electron chi connectivity index (χ4n) is 3.93. The maximum absolute atomic E-state index is 6.21. The zero-order chi connectivity index (χ0) is 17.1. The molecule has 25 heavy (non-hydrogen) atoms. The molecule has 0 atom stereocenters. The third-order valence-electron chi connectivity index (χ3n) is 5.15. The summed E-state index contributed by atoms with van der Waals surface area (Å²) >= 11 is 6.21. The number of rotatable bonds is 3. The first kappa shape index (κ1) is 16.7. The topological polar surface area (TPSA) is 12.5 Å². The van der Waals surface area contributed by atoms with Crippen LogP contribution in [0.3, 0.4) is 0 Å². The Kier molecular flexibility index (Phi) is 5.09. The lowest BCUT2D eigenvalue weighted by Gasteiger charge is -2.28. The molecule has 3 heteroatoms. The van der Waals surface area contributed by atoms with E-state index in [0.717, 1.165) is 23.7 Å². The van der Waals surface area contributed by atoms with Crippen molar-refractivity contribution < 1.29 is 4.74 Å². The maximum atomic E-state index is 6.21. The number of nitrogens with zero attached hydrogens (tertiary/aromatic N) is 1. The van der Waals surface area contributed by atoms with E-state index < -0.39 is 0 Å². The quantitative estimate of drug-likeness (QED) is 0.731. The molecule has 2 aliphatic rings. The Labute approximate surface area is 155 Å². The summed E-state index contributed by atoms with van der Waals surface area (Å²) in [5, 5.41) is 0.727. The number of likely N-dealkylation sites (tertiary alicyclic amines) is 1. The highest BCUT2D eigenvalue weighted by Crippen LogP contribution is 2.38. The van der Waals surface area contributed by atoms with Gasteiger partial charge in [0.15, 0.2) is 0 Å². The number of hydrogen-bond acceptors (Lipinski definition) is 2. The molecule has 0 aliphatic carbocycles. The molecule has 0 saturated carbocycles. The van der Waals surface area contributed by atoms with Gasteiger partial charge in [-0.2, -0.15) is 0 Å². The van der Waals surface area contributed by atoms with Crippen molar-refractivity contribution in [1.82, 2.24) is 4.90 Å². The first-order valence-electron chi connectivity index (χ1n) is 9.24. The third-order valence-corrected chi connectivity index (χ3v) is 5.39. The van der Waals surface area contributed by atoms with Crippen molar-refractivity contribution in [2.75, 3.05) is 26.2 Å². The lowest BCUT2D eigenvalue weighted by Crippen LogP contribution is -2.32. The van der Waals surface area contributed by atoms with E-state index >= 15 is 0 Å². The van der Waals surface area contributed by atoms with Crippen LogP contribution in [-0.4, -0.2) is 31.1 Å². The van der Waals surface area contributed by atoms with E-state index in [1.807, 2.05) is 12.1 Å².